The third-order valence-corrected chi connectivity index (χ3v) is 7.24. The molecule has 0 amide bonds. The fourth-order valence-electron chi connectivity index (χ4n) is 4.01. The van der Waals surface area contributed by atoms with Crippen molar-refractivity contribution in [3.8, 4) is 16.9 Å². The van der Waals surface area contributed by atoms with Crippen molar-refractivity contribution in [3.05, 3.63) is 118 Å². The van der Waals surface area contributed by atoms with Gasteiger partial charge < -0.3 is 14.2 Å². The Morgan fingerprint density at radius 2 is 1.10 bits per heavy atom. The van der Waals surface area contributed by atoms with Crippen LogP contribution in [0, 0.1) is 13.8 Å². The molecule has 7 nitrogen and oxygen atoms in total. The third kappa shape index (κ3) is 11.2. The van der Waals surface area contributed by atoms with Crippen molar-refractivity contribution in [3.63, 3.8) is 0 Å². The van der Waals surface area contributed by atoms with Gasteiger partial charge in [0, 0.05) is 11.1 Å². The second-order valence-corrected chi connectivity index (χ2v) is 11.4. The number of carbonyl (C=O) groups is 2. The van der Waals surface area contributed by atoms with Gasteiger partial charge in [-0.15, -0.1) is 0 Å². The zero-order valence-corrected chi connectivity index (χ0v) is 25.9. The van der Waals surface area contributed by atoms with Gasteiger partial charge in [0.2, 0.25) is 0 Å². The van der Waals surface area contributed by atoms with E-state index in [1.54, 1.807) is 25.1 Å². The van der Waals surface area contributed by atoms with Gasteiger partial charge in [-0.05, 0) is 71.9 Å². The monoisotopic (exact) mass is 722 g/mol. The van der Waals surface area contributed by atoms with Crippen LogP contribution in [0.15, 0.2) is 84.9 Å². The van der Waals surface area contributed by atoms with Crippen LogP contribution in [0.25, 0.3) is 11.1 Å². The molecule has 18 heteroatoms. The van der Waals surface area contributed by atoms with Gasteiger partial charge in [0.25, 0.3) is 0 Å². The van der Waals surface area contributed by atoms with Gasteiger partial charge >= 0.3 is 35.1 Å². The molecule has 49 heavy (non-hydrogen) atoms. The van der Waals surface area contributed by atoms with Gasteiger partial charge in [-0.1, -0.05) is 54.6 Å². The molecule has 0 saturated heterocycles. The van der Waals surface area contributed by atoms with Crippen molar-refractivity contribution < 1.29 is 71.8 Å². The molecular weight excluding hydrogens is 698 g/mol. The fourth-order valence-corrected chi connectivity index (χ4v) is 4.53. The number of aryl methyl sites for hydroxylation is 2. The Bertz CT molecular complexity index is 1870. The van der Waals surface area contributed by atoms with Crippen LogP contribution in [-0.2, 0) is 22.5 Å². The van der Waals surface area contributed by atoms with Crippen LogP contribution in [0.1, 0.15) is 43.0 Å². The second-order valence-electron chi connectivity index (χ2n) is 9.82. The fraction of sp³-hybridized carbons (Fsp3) is 0.161. The Morgan fingerprint density at radius 3 is 1.53 bits per heavy atom. The molecule has 0 bridgehead atoms. The normalized spacial score (nSPS) is 11.7. The minimum atomic E-state index is -5.68. The molecule has 0 aliphatic carbocycles. The molecule has 0 spiro atoms. The Labute approximate surface area is 273 Å². The average Bonchev–Trinajstić information content (AvgIpc) is 3.01. The SMILES string of the molecule is Cc1cc(C=O)ccc1-c1ccccc1C(F)(F)F.Cc1cc(C=O)ccc1OS(=O)(=O)C(F)(F)F.OB(O)c1ccccc1C(F)(F)F. The maximum atomic E-state index is 13.0. The Hall–Kier alpha value is -4.68. The molecule has 4 aromatic rings. The summed E-state index contributed by atoms with van der Waals surface area (Å²) in [5.41, 5.74) is -5.68. The maximum Gasteiger partial charge on any atom is 0.534 e. The smallest absolute Gasteiger partial charge is 0.423 e. The van der Waals surface area contributed by atoms with Gasteiger partial charge in [-0.2, -0.15) is 47.9 Å². The third-order valence-electron chi connectivity index (χ3n) is 6.27. The Kier molecular flexibility index (Phi) is 13.3. The summed E-state index contributed by atoms with van der Waals surface area (Å²) >= 11 is 0. The number of alkyl halides is 9. The van der Waals surface area contributed by atoms with Crippen LogP contribution in [0.4, 0.5) is 39.5 Å². The van der Waals surface area contributed by atoms with Crippen LogP contribution in [0.5, 0.6) is 5.75 Å². The summed E-state index contributed by atoms with van der Waals surface area (Å²) in [6.45, 7) is 3.02. The highest BCUT2D eigenvalue weighted by molar-refractivity contribution is 7.88. The molecule has 4 aromatic carbocycles. The number of hydrogen-bond acceptors (Lipinski definition) is 7. The number of rotatable bonds is 6. The molecule has 0 aromatic heterocycles. The summed E-state index contributed by atoms with van der Waals surface area (Å²) < 4.78 is 137. The Morgan fingerprint density at radius 1 is 0.633 bits per heavy atom. The van der Waals surface area contributed by atoms with Crippen LogP contribution in [-0.4, -0.2) is 43.7 Å². The largest absolute Gasteiger partial charge is 0.534 e. The molecule has 0 unspecified atom stereocenters. The van der Waals surface area contributed by atoms with Crippen LogP contribution >= 0.6 is 0 Å². The zero-order valence-electron chi connectivity index (χ0n) is 25.1. The number of halogens is 9. The summed E-state index contributed by atoms with van der Waals surface area (Å²) in [5.74, 6) is -0.465. The summed E-state index contributed by atoms with van der Waals surface area (Å²) in [5, 5.41) is 17.2. The predicted octanol–water partition coefficient (Wildman–Crippen LogP) is 6.91. The zero-order chi connectivity index (χ0) is 37.4. The lowest BCUT2D eigenvalue weighted by Crippen LogP contribution is -2.35. The van der Waals surface area contributed by atoms with E-state index in [4.69, 9.17) is 10.0 Å². The van der Waals surface area contributed by atoms with Crippen molar-refractivity contribution in [2.24, 2.45) is 0 Å². The molecule has 0 atom stereocenters. The summed E-state index contributed by atoms with van der Waals surface area (Å²) in [4.78, 5) is 21.0. The molecule has 0 fully saturated rings. The van der Waals surface area contributed by atoms with Gasteiger partial charge in [0.15, 0.2) is 0 Å². The first-order valence-electron chi connectivity index (χ1n) is 13.3. The lowest BCUT2D eigenvalue weighted by atomic mass is 9.77. The molecular formula is C31H24BF9O7S. The van der Waals surface area contributed by atoms with Gasteiger partial charge in [0.1, 0.15) is 18.3 Å². The molecule has 0 heterocycles. The molecule has 4 rings (SSSR count). The van der Waals surface area contributed by atoms with E-state index in [2.05, 4.69) is 4.18 Å². The summed E-state index contributed by atoms with van der Waals surface area (Å²) in [6, 6.07) is 17.7. The van der Waals surface area contributed by atoms with Crippen LogP contribution < -0.4 is 9.65 Å². The highest BCUT2D eigenvalue weighted by Gasteiger charge is 2.48. The topological polar surface area (TPSA) is 118 Å². The minimum Gasteiger partial charge on any atom is -0.423 e. The van der Waals surface area contributed by atoms with Gasteiger partial charge in [0.05, 0.1) is 11.1 Å². The number of aldehydes is 2. The quantitative estimate of drug-likeness (QED) is 0.0730. The van der Waals surface area contributed by atoms with Crippen LogP contribution in [0.3, 0.4) is 0 Å². The van der Waals surface area contributed by atoms with Crippen LogP contribution in [0.2, 0.25) is 0 Å². The Balaban J connectivity index is 0.000000260. The lowest BCUT2D eigenvalue weighted by Gasteiger charge is -2.14. The number of carbonyl (C=O) groups excluding carboxylic acids is 2. The van der Waals surface area contributed by atoms with Crippen molar-refractivity contribution in [2.75, 3.05) is 0 Å². The van der Waals surface area contributed by atoms with Crippen molar-refractivity contribution >= 4 is 35.3 Å². The molecule has 0 aliphatic rings. The van der Waals surface area contributed by atoms with E-state index >= 15 is 0 Å². The summed E-state index contributed by atoms with van der Waals surface area (Å²) in [6.07, 6.45) is -7.80. The highest BCUT2D eigenvalue weighted by Crippen LogP contribution is 2.38. The van der Waals surface area contributed by atoms with E-state index in [1.807, 2.05) is 0 Å². The van der Waals surface area contributed by atoms with E-state index in [0.29, 0.717) is 29.3 Å². The first-order chi connectivity index (χ1) is 22.5. The molecule has 0 aliphatic heterocycles. The van der Waals surface area contributed by atoms with Crippen molar-refractivity contribution in [1.29, 1.82) is 0 Å². The van der Waals surface area contributed by atoms with Gasteiger partial charge in [-0.25, -0.2) is 0 Å². The van der Waals surface area contributed by atoms with E-state index < -0.39 is 57.4 Å². The van der Waals surface area contributed by atoms with Crippen molar-refractivity contribution in [1.82, 2.24) is 0 Å². The molecule has 0 radical (unpaired) electrons. The van der Waals surface area contributed by atoms with E-state index in [9.17, 15) is 57.5 Å². The van der Waals surface area contributed by atoms with E-state index in [-0.39, 0.29) is 16.7 Å². The first-order valence-corrected chi connectivity index (χ1v) is 14.8. The molecule has 0 saturated carbocycles. The standard InChI is InChI=1S/C15H11F3O.C9H7F3O4S.C7H6BF3O2/c1-10-8-11(9-19)6-7-12(10)13-4-2-3-5-14(13)15(16,17)18;1-6-4-7(5-13)2-3-8(6)16-17(14,15)9(10,11)12;9-7(10,11)5-3-1-2-4-6(5)8(12)13/h2-9H,1H3;2-5H,1H3;1-4,12-13H. The lowest BCUT2D eigenvalue weighted by molar-refractivity contribution is -0.137. The molecule has 262 valence electrons. The summed E-state index contributed by atoms with van der Waals surface area (Å²) in [7, 11) is -7.78. The first kappa shape index (κ1) is 40.5. The highest BCUT2D eigenvalue weighted by atomic mass is 32.2. The second kappa shape index (κ2) is 16.1. The molecule has 2 N–H and O–H groups in total. The number of benzene rings is 4. The maximum absolute atomic E-state index is 13.0. The van der Waals surface area contributed by atoms with Crippen molar-refractivity contribution in [2.45, 2.75) is 31.7 Å². The van der Waals surface area contributed by atoms with E-state index in [0.717, 1.165) is 30.3 Å². The van der Waals surface area contributed by atoms with E-state index in [1.165, 1.54) is 43.3 Å². The number of hydrogen-bond donors (Lipinski definition) is 2. The average molecular weight is 722 g/mol. The minimum absolute atomic E-state index is 0.113. The van der Waals surface area contributed by atoms with Gasteiger partial charge in [-0.3, -0.25) is 9.59 Å². The predicted molar refractivity (Wildman–Crippen MR) is 160 cm³/mol.